The number of ether oxygens (including phenoxy) is 1. The summed E-state index contributed by atoms with van der Waals surface area (Å²) in [6.45, 7) is 2.63. The van der Waals surface area contributed by atoms with Crippen LogP contribution >= 0.6 is 0 Å². The summed E-state index contributed by atoms with van der Waals surface area (Å²) in [5, 5.41) is 7.04. The molecule has 2 fully saturated rings. The van der Waals surface area contributed by atoms with Gasteiger partial charge in [0, 0.05) is 54.5 Å². The molecule has 6 rings (SSSR count). The van der Waals surface area contributed by atoms with Gasteiger partial charge in [0.25, 0.3) is 5.56 Å². The molecule has 0 amide bonds. The Hall–Kier alpha value is -4.02. The molecule has 0 radical (unpaired) electrons. The zero-order chi connectivity index (χ0) is 30.4. The van der Waals surface area contributed by atoms with E-state index in [-0.39, 0.29) is 23.8 Å². The molecule has 16 heteroatoms. The van der Waals surface area contributed by atoms with Crippen LogP contribution in [0.1, 0.15) is 18.9 Å². The molecule has 2 N–H and O–H groups in total. The number of alkyl halides is 3. The first-order valence-electron chi connectivity index (χ1n) is 13.6. The fourth-order valence-corrected chi connectivity index (χ4v) is 6.66. The van der Waals surface area contributed by atoms with Crippen molar-refractivity contribution in [2.75, 3.05) is 49.7 Å². The van der Waals surface area contributed by atoms with Crippen LogP contribution in [0.4, 0.5) is 30.5 Å². The molecule has 2 unspecified atom stereocenters. The van der Waals surface area contributed by atoms with Crippen molar-refractivity contribution in [3.63, 3.8) is 0 Å². The fraction of sp³-hybridized carbons (Fsp3) is 0.407. The monoisotopic (exact) mass is 618 g/mol. The average molecular weight is 619 g/mol. The second kappa shape index (κ2) is 11.2. The molecule has 2 aliphatic heterocycles. The van der Waals surface area contributed by atoms with Gasteiger partial charge in [-0.15, -0.1) is 0 Å². The quantitative estimate of drug-likeness (QED) is 0.303. The zero-order valence-corrected chi connectivity index (χ0v) is 23.9. The molecule has 2 atom stereocenters. The van der Waals surface area contributed by atoms with Gasteiger partial charge in [-0.05, 0) is 56.8 Å². The maximum absolute atomic E-state index is 13.8. The summed E-state index contributed by atoms with van der Waals surface area (Å²) in [6.07, 6.45) is -0.0401. The zero-order valence-electron chi connectivity index (χ0n) is 23.1. The Morgan fingerprint density at radius 3 is 2.56 bits per heavy atom. The highest BCUT2D eigenvalue weighted by molar-refractivity contribution is 7.90. The van der Waals surface area contributed by atoms with Crippen LogP contribution in [0.5, 0.6) is 0 Å². The van der Waals surface area contributed by atoms with Crippen molar-refractivity contribution in [3.8, 4) is 11.4 Å². The standard InChI is InChI=1S/C27H29F3N8O4S/c1-36-9-6-20(14-36)33-18-2-4-19(5-3-18)34-26-32-13-17-12-22(25(39)38(23(17)35-26)21-7-11-42-15-21)24-31-8-10-37(24)43(40,41)16-27(28,29)30/h2-5,8,10,12-13,20-21,33H,6-7,9,11,14-16H2,1H3,(H,32,34,35). The molecule has 2 saturated heterocycles. The van der Waals surface area contributed by atoms with Crippen molar-refractivity contribution in [3.05, 3.63) is 59.3 Å². The number of likely N-dealkylation sites (tertiary alicyclic amines) is 1. The van der Waals surface area contributed by atoms with Crippen LogP contribution in [0, 0.1) is 0 Å². The van der Waals surface area contributed by atoms with E-state index in [1.807, 2.05) is 24.3 Å². The van der Waals surface area contributed by atoms with Gasteiger partial charge >= 0.3 is 6.18 Å². The lowest BCUT2D eigenvalue weighted by atomic mass is 10.1. The van der Waals surface area contributed by atoms with Gasteiger partial charge in [-0.1, -0.05) is 0 Å². The molecule has 0 saturated carbocycles. The number of fused-ring (bicyclic) bond motifs is 1. The van der Waals surface area contributed by atoms with Crippen LogP contribution in [0.25, 0.3) is 22.4 Å². The van der Waals surface area contributed by atoms with E-state index in [2.05, 4.69) is 37.5 Å². The molecule has 1 aromatic carbocycles. The minimum Gasteiger partial charge on any atom is -0.381 e. The molecule has 2 aliphatic rings. The van der Waals surface area contributed by atoms with E-state index < -0.39 is 39.4 Å². The van der Waals surface area contributed by atoms with E-state index in [1.165, 1.54) is 16.8 Å². The first kappa shape index (κ1) is 29.1. The number of nitrogens with one attached hydrogen (secondary N) is 2. The Balaban J connectivity index is 1.34. The SMILES string of the molecule is CN1CCC(Nc2ccc(Nc3ncc4cc(-c5nccn5S(=O)(=O)CC(F)(F)F)c(=O)n(C5CCOC5)c4n3)cc2)C1. The molecule has 0 spiro atoms. The molecule has 3 aromatic heterocycles. The average Bonchev–Trinajstić information content (AvgIpc) is 3.71. The number of pyridine rings is 1. The van der Waals surface area contributed by atoms with Crippen molar-refractivity contribution in [2.24, 2.45) is 0 Å². The van der Waals surface area contributed by atoms with Gasteiger partial charge in [0.1, 0.15) is 5.65 Å². The highest BCUT2D eigenvalue weighted by Gasteiger charge is 2.37. The fourth-order valence-electron chi connectivity index (χ4n) is 5.45. The van der Waals surface area contributed by atoms with Gasteiger partial charge in [0.15, 0.2) is 11.6 Å². The summed E-state index contributed by atoms with van der Waals surface area (Å²) < 4.78 is 71.5. The van der Waals surface area contributed by atoms with E-state index >= 15 is 0 Å². The number of rotatable bonds is 8. The number of anilines is 3. The lowest BCUT2D eigenvalue weighted by molar-refractivity contribution is -0.106. The van der Waals surface area contributed by atoms with Crippen molar-refractivity contribution in [1.29, 1.82) is 0 Å². The predicted octanol–water partition coefficient (Wildman–Crippen LogP) is 3.22. The van der Waals surface area contributed by atoms with E-state index in [0.717, 1.165) is 43.3 Å². The van der Waals surface area contributed by atoms with Gasteiger partial charge in [-0.3, -0.25) is 9.36 Å². The second-order valence-electron chi connectivity index (χ2n) is 10.7. The molecule has 4 aromatic rings. The number of hydrogen-bond donors (Lipinski definition) is 2. The second-order valence-corrected chi connectivity index (χ2v) is 12.6. The Bertz CT molecular complexity index is 1800. The van der Waals surface area contributed by atoms with Crippen LogP contribution in [-0.4, -0.2) is 88.1 Å². The molecule has 43 heavy (non-hydrogen) atoms. The molecule has 228 valence electrons. The van der Waals surface area contributed by atoms with Crippen molar-refractivity contribution in [1.82, 2.24) is 28.4 Å². The van der Waals surface area contributed by atoms with Gasteiger partial charge in [-0.2, -0.15) is 18.2 Å². The number of halogens is 3. The van der Waals surface area contributed by atoms with Crippen LogP contribution < -0.4 is 16.2 Å². The number of aromatic nitrogens is 5. The molecule has 12 nitrogen and oxygen atoms in total. The number of likely N-dealkylation sites (N-methyl/N-ethyl adjacent to an activating group) is 1. The summed E-state index contributed by atoms with van der Waals surface area (Å²) >= 11 is 0. The summed E-state index contributed by atoms with van der Waals surface area (Å²) in [4.78, 5) is 29.0. The molecule has 5 heterocycles. The maximum Gasteiger partial charge on any atom is 0.404 e. The summed E-state index contributed by atoms with van der Waals surface area (Å²) in [7, 11) is -2.81. The van der Waals surface area contributed by atoms with Crippen molar-refractivity contribution >= 4 is 38.4 Å². The van der Waals surface area contributed by atoms with E-state index in [0.29, 0.717) is 28.4 Å². The first-order valence-corrected chi connectivity index (χ1v) is 15.2. The van der Waals surface area contributed by atoms with Gasteiger partial charge in [-0.25, -0.2) is 22.4 Å². The number of hydrogen-bond acceptors (Lipinski definition) is 10. The third kappa shape index (κ3) is 6.21. The van der Waals surface area contributed by atoms with Crippen LogP contribution in [0.3, 0.4) is 0 Å². The summed E-state index contributed by atoms with van der Waals surface area (Å²) in [5.41, 5.74) is 1.12. The van der Waals surface area contributed by atoms with Crippen molar-refractivity contribution in [2.45, 2.75) is 31.1 Å². The smallest absolute Gasteiger partial charge is 0.381 e. The number of imidazole rings is 1. The molecular formula is C27H29F3N8O4S. The van der Waals surface area contributed by atoms with Gasteiger partial charge in [0.05, 0.1) is 18.2 Å². The normalized spacial score (nSPS) is 19.7. The third-order valence-electron chi connectivity index (χ3n) is 7.44. The molecule has 0 bridgehead atoms. The third-order valence-corrected chi connectivity index (χ3v) is 9.03. The molecule has 0 aliphatic carbocycles. The minimum atomic E-state index is -4.98. The highest BCUT2D eigenvalue weighted by Crippen LogP contribution is 2.28. The first-order chi connectivity index (χ1) is 20.5. The van der Waals surface area contributed by atoms with Crippen LogP contribution in [0.2, 0.25) is 0 Å². The van der Waals surface area contributed by atoms with Crippen molar-refractivity contribution < 1.29 is 26.3 Å². The van der Waals surface area contributed by atoms with Crippen LogP contribution in [0.15, 0.2) is 53.7 Å². The minimum absolute atomic E-state index is 0.198. The molecular weight excluding hydrogens is 589 g/mol. The lowest BCUT2D eigenvalue weighted by Gasteiger charge is -2.18. The lowest BCUT2D eigenvalue weighted by Crippen LogP contribution is -2.31. The van der Waals surface area contributed by atoms with E-state index in [9.17, 15) is 26.4 Å². The van der Waals surface area contributed by atoms with E-state index in [4.69, 9.17) is 4.74 Å². The number of benzene rings is 1. The Morgan fingerprint density at radius 1 is 1.12 bits per heavy atom. The summed E-state index contributed by atoms with van der Waals surface area (Å²) in [6, 6.07) is 8.97. The Morgan fingerprint density at radius 2 is 1.88 bits per heavy atom. The summed E-state index contributed by atoms with van der Waals surface area (Å²) in [5.74, 6) is -2.31. The largest absolute Gasteiger partial charge is 0.404 e. The van der Waals surface area contributed by atoms with Gasteiger partial charge in [0.2, 0.25) is 16.0 Å². The Kier molecular flexibility index (Phi) is 7.60. The highest BCUT2D eigenvalue weighted by atomic mass is 32.2. The topological polar surface area (TPSA) is 136 Å². The predicted molar refractivity (Wildman–Crippen MR) is 154 cm³/mol. The maximum atomic E-state index is 13.8. The number of nitrogens with zero attached hydrogens (tertiary/aromatic N) is 6. The van der Waals surface area contributed by atoms with Crippen LogP contribution in [-0.2, 0) is 14.8 Å². The van der Waals surface area contributed by atoms with E-state index in [1.54, 1.807) is 0 Å². The Labute approximate surface area is 244 Å². The van der Waals surface area contributed by atoms with Gasteiger partial charge < -0.3 is 20.3 Å².